The minimum absolute atomic E-state index is 0.0590. The summed E-state index contributed by atoms with van der Waals surface area (Å²) in [5.41, 5.74) is 1.37. The van der Waals surface area contributed by atoms with Crippen LogP contribution in [-0.2, 0) is 10.0 Å². The Bertz CT molecular complexity index is 1090. The Hall–Kier alpha value is -3.14. The molecule has 144 valence electrons. The molecule has 1 unspecified atom stereocenters. The highest BCUT2D eigenvalue weighted by Gasteiger charge is 2.23. The van der Waals surface area contributed by atoms with Crippen molar-refractivity contribution in [2.75, 3.05) is 23.3 Å². The Morgan fingerprint density at radius 2 is 1.96 bits per heavy atom. The summed E-state index contributed by atoms with van der Waals surface area (Å²) in [4.78, 5) is 1.77. The predicted molar refractivity (Wildman–Crippen MR) is 103 cm³/mol. The van der Waals surface area contributed by atoms with Crippen molar-refractivity contribution in [1.82, 2.24) is 0 Å². The van der Waals surface area contributed by atoms with Gasteiger partial charge in [-0.1, -0.05) is 0 Å². The molecule has 0 aromatic heterocycles. The molecule has 28 heavy (non-hydrogen) atoms. The van der Waals surface area contributed by atoms with Crippen LogP contribution in [-0.4, -0.2) is 27.5 Å². The lowest BCUT2D eigenvalue weighted by atomic mass is 10.0. The summed E-state index contributed by atoms with van der Waals surface area (Å²) in [7, 11) is -3.89. The molecule has 1 saturated heterocycles. The highest BCUT2D eigenvalue weighted by molar-refractivity contribution is 7.89. The minimum Gasteiger partial charge on any atom is -0.379 e. The fraction of sp³-hybridized carbons (Fsp3) is 0.263. The van der Waals surface area contributed by atoms with Gasteiger partial charge in [-0.3, -0.25) is 0 Å². The second-order valence-electron chi connectivity index (χ2n) is 6.57. The lowest BCUT2D eigenvalue weighted by molar-refractivity contribution is 0.519. The number of benzene rings is 2. The summed E-state index contributed by atoms with van der Waals surface area (Å²) < 4.78 is 37.3. The molecule has 0 saturated carbocycles. The van der Waals surface area contributed by atoms with E-state index >= 15 is 0 Å². The first-order valence-electron chi connectivity index (χ1n) is 8.60. The Morgan fingerprint density at radius 1 is 1.18 bits per heavy atom. The summed E-state index contributed by atoms with van der Waals surface area (Å²) in [6.07, 6.45) is 1.63. The van der Waals surface area contributed by atoms with Crippen LogP contribution >= 0.6 is 0 Å². The van der Waals surface area contributed by atoms with Gasteiger partial charge < -0.3 is 10.2 Å². The van der Waals surface area contributed by atoms with E-state index < -0.39 is 15.8 Å². The summed E-state index contributed by atoms with van der Waals surface area (Å²) in [5.74, 6) is -0.449. The van der Waals surface area contributed by atoms with Gasteiger partial charge in [0, 0.05) is 19.1 Å². The van der Waals surface area contributed by atoms with E-state index in [1.54, 1.807) is 12.1 Å². The van der Waals surface area contributed by atoms with Crippen molar-refractivity contribution >= 4 is 21.4 Å². The number of hydrogen-bond donors (Lipinski definition) is 2. The topological polar surface area (TPSA) is 123 Å². The molecule has 0 amide bonds. The third-order valence-electron chi connectivity index (χ3n) is 4.64. The lowest BCUT2D eigenvalue weighted by Gasteiger charge is -2.35. The number of sulfonamides is 1. The smallest absolute Gasteiger partial charge is 0.238 e. The Morgan fingerprint density at radius 3 is 2.61 bits per heavy atom. The van der Waals surface area contributed by atoms with E-state index in [-0.39, 0.29) is 22.1 Å². The van der Waals surface area contributed by atoms with E-state index in [4.69, 9.17) is 10.4 Å². The van der Waals surface area contributed by atoms with Crippen LogP contribution in [0.4, 0.5) is 15.8 Å². The van der Waals surface area contributed by atoms with Crippen molar-refractivity contribution in [2.45, 2.75) is 23.8 Å². The van der Waals surface area contributed by atoms with E-state index in [2.05, 4.69) is 5.32 Å². The molecule has 3 N–H and O–H groups in total. The number of nitrogens with one attached hydrogen (secondary N) is 1. The third kappa shape index (κ3) is 4.22. The Labute approximate surface area is 162 Å². The van der Waals surface area contributed by atoms with E-state index in [1.165, 1.54) is 24.3 Å². The monoisotopic (exact) mass is 399 g/mol. The van der Waals surface area contributed by atoms with Crippen LogP contribution in [0, 0.1) is 28.5 Å². The quantitative estimate of drug-likeness (QED) is 0.813. The summed E-state index contributed by atoms with van der Waals surface area (Å²) in [6.45, 7) is 1.18. The maximum atomic E-state index is 14.3. The highest BCUT2D eigenvalue weighted by Crippen LogP contribution is 2.27. The molecular formula is C19H18FN5O2S. The first kappa shape index (κ1) is 19.6. The summed E-state index contributed by atoms with van der Waals surface area (Å²) >= 11 is 0. The molecule has 0 spiro atoms. The first-order chi connectivity index (χ1) is 13.3. The van der Waals surface area contributed by atoms with Gasteiger partial charge in [0.25, 0.3) is 0 Å². The second-order valence-corrected chi connectivity index (χ2v) is 8.13. The lowest BCUT2D eigenvalue weighted by Crippen LogP contribution is -2.42. The number of hydrogen-bond acceptors (Lipinski definition) is 6. The number of halogens is 1. The zero-order chi connectivity index (χ0) is 20.3. The standard InChI is InChI=1S/C19H18FN5O2S/c20-17-8-13(10-21)3-6-19(17)25-7-1-2-15(12-25)24-18-5-4-16(28(23,26)27)9-14(18)11-22/h3-6,8-9,15,24H,1-2,7,12H2,(H2,23,26,27). The second kappa shape index (κ2) is 7.85. The van der Waals surface area contributed by atoms with E-state index in [9.17, 15) is 18.1 Å². The Kier molecular flexibility index (Phi) is 5.50. The molecule has 0 bridgehead atoms. The zero-order valence-electron chi connectivity index (χ0n) is 14.9. The molecule has 9 heteroatoms. The predicted octanol–water partition coefficient (Wildman–Crippen LogP) is 2.30. The van der Waals surface area contributed by atoms with Crippen LogP contribution in [0.3, 0.4) is 0 Å². The third-order valence-corrected chi connectivity index (χ3v) is 5.55. The van der Waals surface area contributed by atoms with Gasteiger partial charge in [0.1, 0.15) is 11.9 Å². The van der Waals surface area contributed by atoms with Crippen molar-refractivity contribution in [3.05, 3.63) is 53.3 Å². The van der Waals surface area contributed by atoms with Crippen molar-refractivity contribution in [1.29, 1.82) is 10.5 Å². The zero-order valence-corrected chi connectivity index (χ0v) is 15.7. The van der Waals surface area contributed by atoms with Crippen LogP contribution in [0.1, 0.15) is 24.0 Å². The molecule has 1 heterocycles. The van der Waals surface area contributed by atoms with Crippen LogP contribution in [0.15, 0.2) is 41.3 Å². The molecule has 0 radical (unpaired) electrons. The van der Waals surface area contributed by atoms with Gasteiger partial charge in [0.05, 0.1) is 33.5 Å². The molecule has 1 aliphatic heterocycles. The van der Waals surface area contributed by atoms with Crippen LogP contribution in [0.2, 0.25) is 0 Å². The van der Waals surface area contributed by atoms with Crippen LogP contribution < -0.4 is 15.4 Å². The average molecular weight is 399 g/mol. The number of rotatable bonds is 4. The normalized spacial score (nSPS) is 16.9. The Balaban J connectivity index is 1.79. The van der Waals surface area contributed by atoms with Crippen molar-refractivity contribution in [2.24, 2.45) is 5.14 Å². The number of nitrogens with two attached hydrogens (primary N) is 1. The number of nitrogens with zero attached hydrogens (tertiary/aromatic N) is 3. The molecule has 2 aromatic carbocycles. The fourth-order valence-electron chi connectivity index (χ4n) is 3.29. The van der Waals surface area contributed by atoms with Crippen molar-refractivity contribution in [3.8, 4) is 12.1 Å². The average Bonchev–Trinajstić information content (AvgIpc) is 2.67. The first-order valence-corrected chi connectivity index (χ1v) is 10.1. The molecule has 2 aromatic rings. The SMILES string of the molecule is N#Cc1ccc(N2CCCC(Nc3ccc(S(N)(=O)=O)cc3C#N)C2)c(F)c1. The van der Waals surface area contributed by atoms with Crippen LogP contribution in [0.25, 0.3) is 0 Å². The van der Waals surface area contributed by atoms with Gasteiger partial charge in [0.2, 0.25) is 10.0 Å². The van der Waals surface area contributed by atoms with Crippen molar-refractivity contribution in [3.63, 3.8) is 0 Å². The van der Waals surface area contributed by atoms with E-state index in [1.807, 2.05) is 17.0 Å². The van der Waals surface area contributed by atoms with Gasteiger partial charge in [-0.05, 0) is 49.2 Å². The van der Waals surface area contributed by atoms with Gasteiger partial charge in [0.15, 0.2) is 0 Å². The minimum atomic E-state index is -3.89. The molecule has 3 rings (SSSR count). The number of nitriles is 2. The van der Waals surface area contributed by atoms with Crippen LogP contribution in [0.5, 0.6) is 0 Å². The van der Waals surface area contributed by atoms with Crippen molar-refractivity contribution < 1.29 is 12.8 Å². The fourth-order valence-corrected chi connectivity index (χ4v) is 3.83. The van der Waals surface area contributed by atoms with Gasteiger partial charge in [-0.2, -0.15) is 10.5 Å². The molecular weight excluding hydrogens is 381 g/mol. The molecule has 0 aliphatic carbocycles. The summed E-state index contributed by atoms with van der Waals surface area (Å²) in [5, 5.41) is 26.6. The number of primary sulfonamides is 1. The highest BCUT2D eigenvalue weighted by atomic mass is 32.2. The molecule has 1 fully saturated rings. The van der Waals surface area contributed by atoms with E-state index in [0.29, 0.717) is 24.5 Å². The maximum Gasteiger partial charge on any atom is 0.238 e. The van der Waals surface area contributed by atoms with Gasteiger partial charge in [-0.15, -0.1) is 0 Å². The number of piperidine rings is 1. The van der Waals surface area contributed by atoms with Gasteiger partial charge in [-0.25, -0.2) is 17.9 Å². The molecule has 7 nitrogen and oxygen atoms in total. The van der Waals surface area contributed by atoms with Gasteiger partial charge >= 0.3 is 0 Å². The summed E-state index contributed by atoms with van der Waals surface area (Å²) in [6, 6.07) is 12.3. The van der Waals surface area contributed by atoms with E-state index in [0.717, 1.165) is 12.8 Å². The molecule has 1 aliphatic rings. The number of anilines is 2. The largest absolute Gasteiger partial charge is 0.379 e. The molecule has 1 atom stereocenters. The maximum absolute atomic E-state index is 14.3.